The van der Waals surface area contributed by atoms with Crippen molar-refractivity contribution in [2.75, 3.05) is 0 Å². The fourth-order valence-electron chi connectivity index (χ4n) is 6.49. The molecule has 6 aromatic rings. The number of hydrogen-bond donors (Lipinski definition) is 5. The molecule has 6 aromatic carbocycles. The van der Waals surface area contributed by atoms with Crippen LogP contribution in [0.1, 0.15) is 55.9 Å². The van der Waals surface area contributed by atoms with Crippen molar-refractivity contribution in [3.63, 3.8) is 0 Å². The van der Waals surface area contributed by atoms with Crippen LogP contribution >= 0.6 is 0 Å². The first kappa shape index (κ1) is 48.8. The van der Waals surface area contributed by atoms with Gasteiger partial charge in [0, 0.05) is 0 Å². The van der Waals surface area contributed by atoms with Crippen LogP contribution in [0.3, 0.4) is 0 Å². The molecule has 334 valence electrons. The minimum atomic E-state index is -3.79. The number of aryl methyl sites for hydroxylation is 2. The molecule has 0 aliphatic heterocycles. The van der Waals surface area contributed by atoms with E-state index in [0.29, 0.717) is 30.4 Å². The topological polar surface area (TPSA) is 180 Å². The zero-order chi connectivity index (χ0) is 45.7. The molecule has 0 radical (unpaired) electrons. The zero-order valence-corrected chi connectivity index (χ0v) is 39.0. The van der Waals surface area contributed by atoms with E-state index in [4.69, 9.17) is 9.73 Å². The van der Waals surface area contributed by atoms with Crippen molar-refractivity contribution in [1.82, 2.24) is 20.4 Å². The van der Waals surface area contributed by atoms with E-state index < -0.39 is 52.3 Å². The van der Waals surface area contributed by atoms with Gasteiger partial charge in [-0.05, 0) is 87.6 Å². The molecule has 0 bridgehead atoms. The second kappa shape index (κ2) is 21.9. The Labute approximate surface area is 372 Å². The predicted octanol–water partition coefficient (Wildman–Crippen LogP) is 8.08. The molecule has 6 rings (SSSR count). The highest BCUT2D eigenvalue weighted by atomic mass is 32.2. The third-order valence-electron chi connectivity index (χ3n) is 11.1. The van der Waals surface area contributed by atoms with Crippen LogP contribution in [0.4, 0.5) is 0 Å². The predicted molar refractivity (Wildman–Crippen MR) is 253 cm³/mol. The summed E-state index contributed by atoms with van der Waals surface area (Å²) in [5, 5.41) is 12.9. The van der Waals surface area contributed by atoms with Gasteiger partial charge in [0.1, 0.15) is 12.1 Å². The summed E-state index contributed by atoms with van der Waals surface area (Å²) < 4.78 is 62.3. The van der Waals surface area contributed by atoms with Gasteiger partial charge in [0.05, 0.1) is 11.5 Å². The lowest BCUT2D eigenvalue weighted by Gasteiger charge is -2.35. The lowest BCUT2D eigenvalue weighted by Crippen LogP contribution is -2.52. The van der Waals surface area contributed by atoms with Gasteiger partial charge in [0.2, 0.25) is 28.4 Å². The number of fused-ring (bicyclic) bond motifs is 2. The van der Waals surface area contributed by atoms with Gasteiger partial charge < -0.3 is 4.53 Å². The van der Waals surface area contributed by atoms with Crippen LogP contribution in [-0.2, 0) is 58.5 Å². The van der Waals surface area contributed by atoms with E-state index >= 15 is 0 Å². The Morgan fingerprint density at radius 1 is 0.556 bits per heavy atom. The van der Waals surface area contributed by atoms with Gasteiger partial charge in [-0.25, -0.2) is 37.2 Å². The van der Waals surface area contributed by atoms with Gasteiger partial charge in [0.25, 0.3) is 11.8 Å². The Kier molecular flexibility index (Phi) is 16.9. The summed E-state index contributed by atoms with van der Waals surface area (Å²) >= 11 is 0. The minimum Gasteiger partial charge on any atom is -0.319 e. The lowest BCUT2D eigenvalue weighted by molar-refractivity contribution is -0.131. The van der Waals surface area contributed by atoms with Gasteiger partial charge in [0.15, 0.2) is 0 Å². The molecule has 2 atom stereocenters. The van der Waals surface area contributed by atoms with E-state index in [2.05, 4.69) is 35.7 Å². The molecule has 0 spiro atoms. The highest BCUT2D eigenvalue weighted by molar-refractivity contribution is 7.89. The largest absolute Gasteiger partial charge is 0.319 e. The summed E-state index contributed by atoms with van der Waals surface area (Å²) in [6.45, 7) is 10.3. The fourth-order valence-corrected chi connectivity index (χ4v) is 9.87. The van der Waals surface area contributed by atoms with Crippen molar-refractivity contribution < 1.29 is 36.2 Å². The number of hydroxylamine groups is 2. The number of hydrogen-bond acceptors (Lipinski definition) is 8. The van der Waals surface area contributed by atoms with Crippen LogP contribution in [0.2, 0.25) is 18.1 Å². The molecule has 5 N–H and O–H groups in total. The zero-order valence-electron chi connectivity index (χ0n) is 36.4. The maximum atomic E-state index is 13.1. The van der Waals surface area contributed by atoms with Crippen LogP contribution in [0, 0.1) is 0 Å². The number of sulfonamides is 2. The molecule has 0 saturated heterocycles. The molecule has 0 fully saturated rings. The minimum absolute atomic E-state index is 0.102. The van der Waals surface area contributed by atoms with E-state index in [1.807, 2.05) is 147 Å². The summed E-state index contributed by atoms with van der Waals surface area (Å²) in [7, 11) is -9.83. The Morgan fingerprint density at radius 3 is 1.33 bits per heavy atom. The molecule has 0 heterocycles. The maximum absolute atomic E-state index is 13.1. The van der Waals surface area contributed by atoms with Crippen LogP contribution in [0.25, 0.3) is 21.5 Å². The average Bonchev–Trinajstić information content (AvgIpc) is 3.25. The fraction of sp³-hybridized carbons (Fsp3) is 0.292. The SMILES string of the molecule is CC(C)(C)[Si](C)(C)ONC(=O)[C@@H](CCc1ccccc1)NS(=O)(=O)Cc1ccc2ccccc2c1.O=C(NO)[C@@H](CCc1ccccc1)NS(=O)(=O)Cc1ccc2ccccc2c1. The smallest absolute Gasteiger partial charge is 0.261 e. The summed E-state index contributed by atoms with van der Waals surface area (Å²) in [6.07, 6.45) is 1.59. The Hall–Kier alpha value is -5.26. The first-order valence-corrected chi connectivity index (χ1v) is 27.0. The van der Waals surface area contributed by atoms with Crippen LogP contribution < -0.4 is 20.4 Å². The quantitative estimate of drug-likeness (QED) is 0.0326. The number of carbonyl (C=O) groups excluding carboxylic acids is 2. The molecule has 15 heteroatoms. The van der Waals surface area contributed by atoms with Crippen molar-refractivity contribution in [2.24, 2.45) is 0 Å². The summed E-state index contributed by atoms with van der Waals surface area (Å²) in [4.78, 5) is 25.1. The highest BCUT2D eigenvalue weighted by Gasteiger charge is 2.39. The highest BCUT2D eigenvalue weighted by Crippen LogP contribution is 2.36. The number of benzene rings is 6. The average molecular weight is 911 g/mol. The molecular formula is C48H58N4O8S2Si. The van der Waals surface area contributed by atoms with Crippen LogP contribution in [0.5, 0.6) is 0 Å². The van der Waals surface area contributed by atoms with Crippen molar-refractivity contribution in [2.45, 2.75) is 88.2 Å². The van der Waals surface area contributed by atoms with Gasteiger partial charge in [-0.15, -0.1) is 0 Å². The van der Waals surface area contributed by atoms with Crippen LogP contribution in [-0.4, -0.2) is 54.3 Å². The van der Waals surface area contributed by atoms with Gasteiger partial charge in [-0.3, -0.25) is 14.8 Å². The molecule has 0 unspecified atom stereocenters. The van der Waals surface area contributed by atoms with Crippen molar-refractivity contribution in [3.8, 4) is 0 Å². The molecule has 0 aliphatic carbocycles. The third kappa shape index (κ3) is 15.2. The normalized spacial score (nSPS) is 13.1. The first-order valence-electron chi connectivity index (χ1n) is 20.8. The number of nitrogens with one attached hydrogen (secondary N) is 4. The molecule has 63 heavy (non-hydrogen) atoms. The second-order valence-corrected chi connectivity index (χ2v) is 25.3. The molecule has 0 aliphatic rings. The third-order valence-corrected chi connectivity index (χ3v) is 18.0. The Balaban J connectivity index is 0.000000243. The van der Waals surface area contributed by atoms with Gasteiger partial charge in [-0.1, -0.05) is 166 Å². The van der Waals surface area contributed by atoms with Crippen molar-refractivity contribution >= 4 is 61.7 Å². The molecular weight excluding hydrogens is 853 g/mol. The number of carbonyl (C=O) groups is 2. The van der Waals surface area contributed by atoms with E-state index in [1.165, 1.54) is 0 Å². The summed E-state index contributed by atoms with van der Waals surface area (Å²) in [5.74, 6) is -1.72. The number of rotatable bonds is 18. The molecule has 0 saturated carbocycles. The van der Waals surface area contributed by atoms with E-state index in [1.54, 1.807) is 17.6 Å². The monoisotopic (exact) mass is 910 g/mol. The van der Waals surface area contributed by atoms with Crippen molar-refractivity contribution in [1.29, 1.82) is 0 Å². The summed E-state index contributed by atoms with van der Waals surface area (Å²) in [5.41, 5.74) is 7.41. The van der Waals surface area contributed by atoms with Gasteiger partial charge in [-0.2, -0.15) is 0 Å². The van der Waals surface area contributed by atoms with Crippen LogP contribution in [0.15, 0.2) is 146 Å². The van der Waals surface area contributed by atoms with Crippen molar-refractivity contribution in [3.05, 3.63) is 168 Å². The van der Waals surface area contributed by atoms with E-state index in [9.17, 15) is 26.4 Å². The standard InChI is InChI=1S/C27H36N2O4SSi.C21H22N2O4S/c1-27(2,3)35(4,5)33-28-26(30)25(18-16-21-11-7-6-8-12-21)29-34(31,32)20-22-15-17-23-13-9-10-14-24(23)19-22;24-21(22-25)20(13-11-16-6-2-1-3-7-16)23-28(26,27)15-17-10-12-18-8-4-5-9-19(18)14-17/h6-15,17,19,25,29H,16,18,20H2,1-5H3,(H,28,30);1-10,12,14,20,23,25H,11,13,15H2,(H,22,24)/t25-;20-/m11/s1. The summed E-state index contributed by atoms with van der Waals surface area (Å²) in [6, 6.07) is 43.6. The lowest BCUT2D eigenvalue weighted by atomic mass is 10.1. The van der Waals surface area contributed by atoms with E-state index in [-0.39, 0.29) is 23.0 Å². The molecule has 12 nitrogen and oxygen atoms in total. The first-order chi connectivity index (χ1) is 29.8. The second-order valence-electron chi connectivity index (χ2n) is 17.1. The Morgan fingerprint density at radius 2 is 0.937 bits per heavy atom. The molecule has 2 amide bonds. The maximum Gasteiger partial charge on any atom is 0.261 e. The van der Waals surface area contributed by atoms with E-state index in [0.717, 1.165) is 32.7 Å². The molecule has 0 aromatic heterocycles. The Bertz CT molecular complexity index is 2680. The number of amides is 2. The van der Waals surface area contributed by atoms with Gasteiger partial charge >= 0.3 is 0 Å².